The SMILES string of the molecule is CCOC(=O)c1c(-c2ccccc2)[nH]c(O)c1N=Nc1ccc(C#N)cc1. The molecule has 0 spiro atoms. The van der Waals surface area contributed by atoms with Crippen molar-refractivity contribution in [3.8, 4) is 23.2 Å². The zero-order valence-corrected chi connectivity index (χ0v) is 14.5. The Morgan fingerprint density at radius 3 is 2.48 bits per heavy atom. The number of azo groups is 1. The third kappa shape index (κ3) is 3.85. The molecule has 1 heterocycles. The number of ether oxygens (including phenoxy) is 1. The second kappa shape index (κ2) is 7.97. The molecule has 2 aromatic carbocycles. The van der Waals surface area contributed by atoms with Gasteiger partial charge in [0.05, 0.1) is 29.6 Å². The number of benzene rings is 2. The van der Waals surface area contributed by atoms with Gasteiger partial charge in [0.25, 0.3) is 0 Å². The Kier molecular flexibility index (Phi) is 5.28. The minimum atomic E-state index is -0.610. The van der Waals surface area contributed by atoms with Crippen LogP contribution in [0.15, 0.2) is 64.8 Å². The van der Waals surface area contributed by atoms with Crippen LogP contribution in [0.2, 0.25) is 0 Å². The monoisotopic (exact) mass is 360 g/mol. The maximum atomic E-state index is 12.5. The number of aromatic nitrogens is 1. The molecule has 0 aliphatic rings. The van der Waals surface area contributed by atoms with Gasteiger partial charge in [-0.05, 0) is 36.8 Å². The fraction of sp³-hybridized carbons (Fsp3) is 0.100. The number of carbonyl (C=O) groups is 1. The van der Waals surface area contributed by atoms with Gasteiger partial charge in [-0.25, -0.2) is 4.79 Å². The number of nitriles is 1. The molecule has 0 amide bonds. The Morgan fingerprint density at radius 1 is 1.15 bits per heavy atom. The van der Waals surface area contributed by atoms with Gasteiger partial charge in [0.2, 0.25) is 5.88 Å². The normalized spacial score (nSPS) is 10.7. The molecule has 7 nitrogen and oxygen atoms in total. The summed E-state index contributed by atoms with van der Waals surface area (Å²) < 4.78 is 5.12. The van der Waals surface area contributed by atoms with Crippen LogP contribution >= 0.6 is 0 Å². The van der Waals surface area contributed by atoms with Gasteiger partial charge in [0.1, 0.15) is 5.56 Å². The summed E-state index contributed by atoms with van der Waals surface area (Å²) in [6.07, 6.45) is 0. The lowest BCUT2D eigenvalue weighted by molar-refractivity contribution is 0.0528. The maximum absolute atomic E-state index is 12.5. The van der Waals surface area contributed by atoms with Crippen molar-refractivity contribution in [3.05, 3.63) is 65.7 Å². The number of carbonyl (C=O) groups excluding carboxylic acids is 1. The van der Waals surface area contributed by atoms with Crippen LogP contribution in [0, 0.1) is 11.3 Å². The van der Waals surface area contributed by atoms with Gasteiger partial charge in [-0.2, -0.15) is 10.4 Å². The Balaban J connectivity index is 2.05. The van der Waals surface area contributed by atoms with Crippen LogP contribution < -0.4 is 0 Å². The molecule has 0 unspecified atom stereocenters. The second-order valence-corrected chi connectivity index (χ2v) is 5.52. The molecule has 0 aliphatic carbocycles. The first-order valence-electron chi connectivity index (χ1n) is 8.23. The van der Waals surface area contributed by atoms with Crippen LogP contribution in [0.3, 0.4) is 0 Å². The summed E-state index contributed by atoms with van der Waals surface area (Å²) in [4.78, 5) is 15.3. The van der Waals surface area contributed by atoms with Gasteiger partial charge >= 0.3 is 5.97 Å². The molecule has 3 aromatic rings. The van der Waals surface area contributed by atoms with Crippen LogP contribution in [0.4, 0.5) is 11.4 Å². The first-order chi connectivity index (χ1) is 13.1. The molecule has 134 valence electrons. The maximum Gasteiger partial charge on any atom is 0.342 e. The number of nitrogens with zero attached hydrogens (tertiary/aromatic N) is 3. The first kappa shape index (κ1) is 17.9. The lowest BCUT2D eigenvalue weighted by Gasteiger charge is -2.04. The van der Waals surface area contributed by atoms with Crippen molar-refractivity contribution in [2.24, 2.45) is 10.2 Å². The van der Waals surface area contributed by atoms with Crippen molar-refractivity contribution in [2.45, 2.75) is 6.92 Å². The van der Waals surface area contributed by atoms with Crippen LogP contribution in [0.25, 0.3) is 11.3 Å². The fourth-order valence-corrected chi connectivity index (χ4v) is 2.51. The number of H-pyrrole nitrogens is 1. The predicted octanol–water partition coefficient (Wildman–Crippen LogP) is 4.85. The molecule has 0 bridgehead atoms. The highest BCUT2D eigenvalue weighted by atomic mass is 16.5. The summed E-state index contributed by atoms with van der Waals surface area (Å²) in [7, 11) is 0. The van der Waals surface area contributed by atoms with Gasteiger partial charge in [0, 0.05) is 0 Å². The van der Waals surface area contributed by atoms with E-state index >= 15 is 0 Å². The number of nitrogens with one attached hydrogen (secondary N) is 1. The molecule has 0 radical (unpaired) electrons. The molecule has 1 aromatic heterocycles. The molecule has 7 heteroatoms. The van der Waals surface area contributed by atoms with Crippen LogP contribution in [-0.2, 0) is 4.74 Å². The summed E-state index contributed by atoms with van der Waals surface area (Å²) in [6.45, 7) is 1.88. The molecule has 0 fully saturated rings. The Morgan fingerprint density at radius 2 is 1.85 bits per heavy atom. The highest BCUT2D eigenvalue weighted by Crippen LogP contribution is 2.39. The summed E-state index contributed by atoms with van der Waals surface area (Å²) >= 11 is 0. The molecule has 0 aliphatic heterocycles. The Labute approximate surface area is 155 Å². The molecule has 3 rings (SSSR count). The first-order valence-corrected chi connectivity index (χ1v) is 8.23. The number of hydrogen-bond donors (Lipinski definition) is 2. The van der Waals surface area contributed by atoms with Crippen molar-refractivity contribution in [1.82, 2.24) is 4.98 Å². The molecule has 27 heavy (non-hydrogen) atoms. The van der Waals surface area contributed by atoms with E-state index in [1.807, 2.05) is 24.3 Å². The fourth-order valence-electron chi connectivity index (χ4n) is 2.51. The van der Waals surface area contributed by atoms with Gasteiger partial charge in [-0.1, -0.05) is 30.3 Å². The number of aromatic amines is 1. The summed E-state index contributed by atoms with van der Waals surface area (Å²) in [5, 5.41) is 27.2. The van der Waals surface area contributed by atoms with Crippen LogP contribution in [-0.4, -0.2) is 22.7 Å². The summed E-state index contributed by atoms with van der Waals surface area (Å²) in [6, 6.07) is 17.6. The number of esters is 1. The van der Waals surface area contributed by atoms with Crippen LogP contribution in [0.1, 0.15) is 22.8 Å². The number of hydrogen-bond acceptors (Lipinski definition) is 6. The smallest absolute Gasteiger partial charge is 0.342 e. The molecular formula is C20H16N4O3. The van der Waals surface area contributed by atoms with E-state index in [2.05, 4.69) is 15.2 Å². The summed E-state index contributed by atoms with van der Waals surface area (Å²) in [5.41, 5.74) is 2.19. The topological polar surface area (TPSA) is 111 Å². The van der Waals surface area contributed by atoms with Gasteiger partial charge < -0.3 is 14.8 Å². The van der Waals surface area contributed by atoms with Crippen molar-refractivity contribution in [3.63, 3.8) is 0 Å². The molecule has 2 N–H and O–H groups in total. The lowest BCUT2D eigenvalue weighted by atomic mass is 10.1. The molecular weight excluding hydrogens is 344 g/mol. The van der Waals surface area contributed by atoms with E-state index < -0.39 is 5.97 Å². The highest BCUT2D eigenvalue weighted by Gasteiger charge is 2.25. The van der Waals surface area contributed by atoms with E-state index in [9.17, 15) is 9.90 Å². The number of aromatic hydroxyl groups is 1. The van der Waals surface area contributed by atoms with Crippen molar-refractivity contribution >= 4 is 17.3 Å². The quantitative estimate of drug-likeness (QED) is 0.500. The zero-order valence-electron chi connectivity index (χ0n) is 14.5. The lowest BCUT2D eigenvalue weighted by Crippen LogP contribution is -2.05. The minimum Gasteiger partial charge on any atom is -0.493 e. The average molecular weight is 360 g/mol. The van der Waals surface area contributed by atoms with Gasteiger partial charge in [-0.15, -0.1) is 5.11 Å². The van der Waals surface area contributed by atoms with E-state index in [0.29, 0.717) is 22.5 Å². The molecule has 0 saturated carbocycles. The Hall–Kier alpha value is -3.92. The van der Waals surface area contributed by atoms with Crippen molar-refractivity contribution in [2.75, 3.05) is 6.61 Å². The standard InChI is InChI=1S/C20H16N4O3/c1-2-27-20(26)16-17(14-6-4-3-5-7-14)22-19(25)18(16)24-23-15-10-8-13(12-21)9-11-15/h3-11,22,25H,2H2,1H3. The highest BCUT2D eigenvalue weighted by molar-refractivity contribution is 6.03. The van der Waals surface area contributed by atoms with Crippen molar-refractivity contribution in [1.29, 1.82) is 5.26 Å². The average Bonchev–Trinajstić information content (AvgIpc) is 3.04. The summed E-state index contributed by atoms with van der Waals surface area (Å²) in [5.74, 6) is -0.893. The molecule has 0 saturated heterocycles. The predicted molar refractivity (Wildman–Crippen MR) is 99.2 cm³/mol. The van der Waals surface area contributed by atoms with E-state index in [-0.39, 0.29) is 23.7 Å². The third-order valence-electron chi connectivity index (χ3n) is 3.76. The van der Waals surface area contributed by atoms with Gasteiger partial charge in [0.15, 0.2) is 5.69 Å². The largest absolute Gasteiger partial charge is 0.493 e. The zero-order chi connectivity index (χ0) is 19.2. The van der Waals surface area contributed by atoms with Crippen molar-refractivity contribution < 1.29 is 14.6 Å². The van der Waals surface area contributed by atoms with E-state index in [1.54, 1.807) is 43.3 Å². The molecule has 0 atom stereocenters. The minimum absolute atomic E-state index is 0.00309. The van der Waals surface area contributed by atoms with Crippen LogP contribution in [0.5, 0.6) is 5.88 Å². The Bertz CT molecular complexity index is 1020. The van der Waals surface area contributed by atoms with E-state index in [0.717, 1.165) is 0 Å². The van der Waals surface area contributed by atoms with E-state index in [4.69, 9.17) is 10.00 Å². The number of rotatable bonds is 5. The third-order valence-corrected chi connectivity index (χ3v) is 3.76. The van der Waals surface area contributed by atoms with Gasteiger partial charge in [-0.3, -0.25) is 0 Å². The van der Waals surface area contributed by atoms with E-state index in [1.165, 1.54) is 0 Å². The second-order valence-electron chi connectivity index (χ2n) is 5.52.